The second kappa shape index (κ2) is 6.88. The quantitative estimate of drug-likeness (QED) is 0.584. The Labute approximate surface area is 158 Å². The summed E-state index contributed by atoms with van der Waals surface area (Å²) in [7, 11) is 0. The van der Waals surface area contributed by atoms with Gasteiger partial charge in [0.15, 0.2) is 11.9 Å². The molecule has 27 heavy (non-hydrogen) atoms. The van der Waals surface area contributed by atoms with Gasteiger partial charge >= 0.3 is 6.18 Å². The van der Waals surface area contributed by atoms with Crippen LogP contribution in [0.4, 0.5) is 19.0 Å². The van der Waals surface area contributed by atoms with Gasteiger partial charge in [0.05, 0.1) is 11.1 Å². The van der Waals surface area contributed by atoms with Crippen molar-refractivity contribution < 1.29 is 13.2 Å². The molecule has 1 aromatic carbocycles. The first-order chi connectivity index (χ1) is 13.0. The van der Waals surface area contributed by atoms with Crippen molar-refractivity contribution >= 4 is 34.2 Å². The Morgan fingerprint density at radius 3 is 2.74 bits per heavy atom. The number of halogens is 3. The van der Waals surface area contributed by atoms with Crippen LogP contribution in [-0.2, 0) is 12.7 Å². The monoisotopic (exact) mass is 391 g/mol. The second-order valence-corrected chi connectivity index (χ2v) is 6.93. The molecule has 0 radical (unpaired) electrons. The highest BCUT2D eigenvalue weighted by Crippen LogP contribution is 2.42. The lowest BCUT2D eigenvalue weighted by Crippen LogP contribution is -2.20. The molecule has 1 unspecified atom stereocenters. The normalized spacial score (nSPS) is 17.2. The van der Waals surface area contributed by atoms with E-state index < -0.39 is 18.0 Å². The lowest BCUT2D eigenvalue weighted by molar-refractivity contribution is -0.142. The number of hydrogen-bond donors (Lipinski definition) is 0. The number of aromatic nitrogens is 3. The number of pyridine rings is 1. The summed E-state index contributed by atoms with van der Waals surface area (Å²) in [5.74, 6) is 0.553. The number of aryl methyl sites for hydroxylation is 1. The number of alkyl halides is 3. The maximum absolute atomic E-state index is 13.5. The van der Waals surface area contributed by atoms with E-state index in [0.29, 0.717) is 18.8 Å². The molecule has 140 valence electrons. The van der Waals surface area contributed by atoms with Gasteiger partial charge in [-0.25, -0.2) is 4.98 Å². The molecule has 0 bridgehead atoms. The lowest BCUT2D eigenvalue weighted by atomic mass is 10.2. The van der Waals surface area contributed by atoms with Crippen molar-refractivity contribution in [2.24, 2.45) is 4.99 Å². The van der Waals surface area contributed by atoms with Crippen LogP contribution in [0, 0.1) is 0 Å². The standard InChI is InChI=1S/C18H16F3N5S/c1-2-9-25-10-13(16(24-25)18(19,20)21)17-22-11-27-26(17)15-8-7-12-5-3-4-6-14(12)23-15/h3-8,10-11,17H,2,9H2,1H3. The van der Waals surface area contributed by atoms with Crippen LogP contribution in [-0.4, -0.2) is 20.3 Å². The second-order valence-electron chi connectivity index (χ2n) is 6.12. The molecule has 2 aromatic heterocycles. The number of hydrogen-bond acceptors (Lipinski definition) is 5. The minimum absolute atomic E-state index is 0.0344. The molecule has 1 aliphatic heterocycles. The number of nitrogens with zero attached hydrogens (tertiary/aromatic N) is 5. The highest BCUT2D eigenvalue weighted by atomic mass is 32.2. The van der Waals surface area contributed by atoms with Crippen LogP contribution in [0.1, 0.15) is 30.8 Å². The number of aliphatic imine (C=N–C) groups is 1. The molecule has 1 atom stereocenters. The maximum atomic E-state index is 13.5. The van der Waals surface area contributed by atoms with Crippen molar-refractivity contribution in [1.29, 1.82) is 0 Å². The van der Waals surface area contributed by atoms with E-state index >= 15 is 0 Å². The van der Waals surface area contributed by atoms with Gasteiger partial charge in [0, 0.05) is 35.6 Å². The van der Waals surface area contributed by atoms with Gasteiger partial charge in [-0.15, -0.1) is 0 Å². The number of rotatable bonds is 4. The van der Waals surface area contributed by atoms with E-state index in [2.05, 4.69) is 15.1 Å². The van der Waals surface area contributed by atoms with Gasteiger partial charge in [-0.2, -0.15) is 18.3 Å². The molecule has 0 N–H and O–H groups in total. The SMILES string of the molecule is CCCn1cc(C2N=CSN2c2ccc3ccccc3n2)c(C(F)(F)F)n1. The van der Waals surface area contributed by atoms with E-state index in [0.717, 1.165) is 10.9 Å². The fraction of sp³-hybridized carbons (Fsp3) is 0.278. The first-order valence-electron chi connectivity index (χ1n) is 8.45. The Morgan fingerprint density at radius 1 is 1.15 bits per heavy atom. The highest BCUT2D eigenvalue weighted by molar-refractivity contribution is 8.13. The summed E-state index contributed by atoms with van der Waals surface area (Å²) in [6.45, 7) is 2.31. The number of fused-ring (bicyclic) bond motifs is 1. The van der Waals surface area contributed by atoms with Crippen molar-refractivity contribution in [2.75, 3.05) is 4.31 Å². The summed E-state index contributed by atoms with van der Waals surface area (Å²) in [6.07, 6.45) is -3.24. The smallest absolute Gasteiger partial charge is 0.272 e. The molecule has 0 spiro atoms. The van der Waals surface area contributed by atoms with Crippen molar-refractivity contribution in [1.82, 2.24) is 14.8 Å². The van der Waals surface area contributed by atoms with Gasteiger partial charge in [-0.05, 0) is 24.6 Å². The number of anilines is 1. The molecular formula is C18H16F3N5S. The molecule has 5 nitrogen and oxygen atoms in total. The Balaban J connectivity index is 1.75. The van der Waals surface area contributed by atoms with Crippen LogP contribution < -0.4 is 4.31 Å². The molecule has 4 rings (SSSR count). The van der Waals surface area contributed by atoms with E-state index in [-0.39, 0.29) is 5.56 Å². The van der Waals surface area contributed by atoms with Crippen LogP contribution in [0.3, 0.4) is 0 Å². The highest BCUT2D eigenvalue weighted by Gasteiger charge is 2.41. The largest absolute Gasteiger partial charge is 0.435 e. The van der Waals surface area contributed by atoms with Crippen molar-refractivity contribution in [2.45, 2.75) is 32.2 Å². The van der Waals surface area contributed by atoms with Crippen LogP contribution in [0.2, 0.25) is 0 Å². The number of benzene rings is 1. The summed E-state index contributed by atoms with van der Waals surface area (Å²) < 4.78 is 43.6. The fourth-order valence-corrected chi connectivity index (χ4v) is 3.77. The molecule has 0 fully saturated rings. The minimum atomic E-state index is -4.54. The predicted molar refractivity (Wildman–Crippen MR) is 101 cm³/mol. The van der Waals surface area contributed by atoms with Crippen LogP contribution in [0.25, 0.3) is 10.9 Å². The summed E-state index contributed by atoms with van der Waals surface area (Å²) >= 11 is 1.22. The lowest BCUT2D eigenvalue weighted by Gasteiger charge is -2.23. The molecule has 3 heterocycles. The van der Waals surface area contributed by atoms with Crippen LogP contribution >= 0.6 is 11.9 Å². The Hall–Kier alpha value is -2.55. The maximum Gasteiger partial charge on any atom is 0.435 e. The fourth-order valence-electron chi connectivity index (χ4n) is 3.01. The first kappa shape index (κ1) is 17.8. The molecule has 9 heteroatoms. The Kier molecular flexibility index (Phi) is 4.55. The van der Waals surface area contributed by atoms with Gasteiger partial charge in [0.25, 0.3) is 0 Å². The van der Waals surface area contributed by atoms with Gasteiger partial charge in [0.2, 0.25) is 0 Å². The number of para-hydroxylation sites is 1. The van der Waals surface area contributed by atoms with Crippen molar-refractivity contribution in [3.8, 4) is 0 Å². The molecule has 3 aromatic rings. The third kappa shape index (κ3) is 3.39. The predicted octanol–water partition coefficient (Wildman–Crippen LogP) is 5.06. The topological polar surface area (TPSA) is 46.3 Å². The molecule has 0 saturated carbocycles. The summed E-state index contributed by atoms with van der Waals surface area (Å²) in [4.78, 5) is 8.85. The van der Waals surface area contributed by atoms with Crippen molar-refractivity contribution in [3.05, 3.63) is 53.9 Å². The third-order valence-electron chi connectivity index (χ3n) is 4.18. The van der Waals surface area contributed by atoms with E-state index in [1.54, 1.807) is 15.9 Å². The van der Waals surface area contributed by atoms with E-state index in [1.165, 1.54) is 22.8 Å². The first-order valence-corrected chi connectivity index (χ1v) is 9.29. The van der Waals surface area contributed by atoms with Gasteiger partial charge in [-0.3, -0.25) is 14.0 Å². The van der Waals surface area contributed by atoms with Crippen LogP contribution in [0.5, 0.6) is 0 Å². The van der Waals surface area contributed by atoms with Crippen molar-refractivity contribution in [3.63, 3.8) is 0 Å². The van der Waals surface area contributed by atoms with E-state index in [9.17, 15) is 13.2 Å². The molecule has 0 aliphatic carbocycles. The molecule has 0 amide bonds. The summed E-state index contributed by atoms with van der Waals surface area (Å²) in [5, 5.41) is 4.72. The third-order valence-corrected chi connectivity index (χ3v) is 5.01. The zero-order valence-corrected chi connectivity index (χ0v) is 15.2. The average molecular weight is 391 g/mol. The molecular weight excluding hydrogens is 375 g/mol. The summed E-state index contributed by atoms with van der Waals surface area (Å²) in [6, 6.07) is 11.3. The average Bonchev–Trinajstić information content (AvgIpc) is 3.28. The van der Waals surface area contributed by atoms with Gasteiger partial charge in [0.1, 0.15) is 5.82 Å². The Morgan fingerprint density at radius 2 is 1.96 bits per heavy atom. The van der Waals surface area contributed by atoms with Gasteiger partial charge in [-0.1, -0.05) is 25.1 Å². The zero-order chi connectivity index (χ0) is 19.0. The summed E-state index contributed by atoms with van der Waals surface area (Å²) in [5.41, 5.74) is 1.45. The molecule has 1 aliphatic rings. The zero-order valence-electron chi connectivity index (χ0n) is 14.4. The Bertz CT molecular complexity index is 998. The van der Waals surface area contributed by atoms with Crippen LogP contribution in [0.15, 0.2) is 47.6 Å². The minimum Gasteiger partial charge on any atom is -0.272 e. The van der Waals surface area contributed by atoms with E-state index in [4.69, 9.17) is 0 Å². The van der Waals surface area contributed by atoms with E-state index in [1.807, 2.05) is 37.3 Å². The molecule has 0 saturated heterocycles. The van der Waals surface area contributed by atoms with Gasteiger partial charge < -0.3 is 0 Å².